The van der Waals surface area contributed by atoms with Crippen molar-refractivity contribution in [2.75, 3.05) is 21.0 Å². The highest BCUT2D eigenvalue weighted by Gasteiger charge is 2.22. The quantitative estimate of drug-likeness (QED) is 0.466. The van der Waals surface area contributed by atoms with E-state index in [0.717, 1.165) is 0 Å². The lowest BCUT2D eigenvalue weighted by atomic mass is 10.00. The predicted molar refractivity (Wildman–Crippen MR) is 101 cm³/mol. The lowest BCUT2D eigenvalue weighted by Crippen LogP contribution is -2.13. The molecule has 144 valence electrons. The smallest absolute Gasteiger partial charge is 0.338 e. The zero-order valence-corrected chi connectivity index (χ0v) is 15.3. The minimum Gasteiger partial charge on any atom is -0.497 e. The molecule has 0 aliphatic carbocycles. The molecular formula is C21H18O7. The largest absolute Gasteiger partial charge is 0.497 e. The van der Waals surface area contributed by atoms with Crippen LogP contribution in [0, 0.1) is 0 Å². The number of benzene rings is 2. The van der Waals surface area contributed by atoms with Crippen molar-refractivity contribution in [3.8, 4) is 17.2 Å². The number of carbonyl (C=O) groups excluding carboxylic acids is 1. The van der Waals surface area contributed by atoms with E-state index in [1.54, 1.807) is 42.5 Å². The normalized spacial score (nSPS) is 13.2. The van der Waals surface area contributed by atoms with Crippen molar-refractivity contribution in [1.82, 2.24) is 0 Å². The number of methoxy groups -OCH3 is 2. The van der Waals surface area contributed by atoms with E-state index in [0.29, 0.717) is 28.4 Å². The Morgan fingerprint density at radius 3 is 2.21 bits per heavy atom. The monoisotopic (exact) mass is 382 g/mol. The molecule has 0 radical (unpaired) electrons. The van der Waals surface area contributed by atoms with E-state index < -0.39 is 11.9 Å². The molecule has 1 N–H and O–H groups in total. The molecule has 0 fully saturated rings. The second kappa shape index (κ2) is 8.30. The Morgan fingerprint density at radius 1 is 0.929 bits per heavy atom. The van der Waals surface area contributed by atoms with Gasteiger partial charge in [-0.2, -0.15) is 0 Å². The third kappa shape index (κ3) is 4.15. The van der Waals surface area contributed by atoms with Crippen LogP contribution in [0.4, 0.5) is 0 Å². The first-order valence-corrected chi connectivity index (χ1v) is 8.31. The van der Waals surface area contributed by atoms with Gasteiger partial charge in [0.25, 0.3) is 0 Å². The van der Waals surface area contributed by atoms with Crippen LogP contribution in [-0.2, 0) is 14.3 Å². The Kier molecular flexibility index (Phi) is 5.64. The molecule has 0 saturated heterocycles. The minimum atomic E-state index is -1.26. The summed E-state index contributed by atoms with van der Waals surface area (Å²) in [6.45, 7) is 0.115. The van der Waals surface area contributed by atoms with Crippen molar-refractivity contribution in [3.63, 3.8) is 0 Å². The zero-order valence-electron chi connectivity index (χ0n) is 15.3. The molecule has 0 saturated carbocycles. The van der Waals surface area contributed by atoms with Gasteiger partial charge in [-0.15, -0.1) is 0 Å². The van der Waals surface area contributed by atoms with Gasteiger partial charge in [0.1, 0.15) is 5.75 Å². The number of fused-ring (bicyclic) bond motifs is 1. The first-order valence-electron chi connectivity index (χ1n) is 8.31. The number of hydrogen-bond donors (Lipinski definition) is 1. The number of esters is 1. The first-order chi connectivity index (χ1) is 13.5. The molecule has 1 heterocycles. The number of hydrogen-bond acceptors (Lipinski definition) is 6. The van der Waals surface area contributed by atoms with Gasteiger partial charge in [0.15, 0.2) is 11.5 Å². The summed E-state index contributed by atoms with van der Waals surface area (Å²) in [6.07, 6.45) is 2.84. The van der Waals surface area contributed by atoms with Crippen LogP contribution in [-0.4, -0.2) is 38.1 Å². The fourth-order valence-electron chi connectivity index (χ4n) is 2.65. The number of carboxylic acids is 1. The molecule has 0 unspecified atom stereocenters. The Bertz CT molecular complexity index is 955. The number of ether oxygens (including phenoxy) is 4. The van der Waals surface area contributed by atoms with Crippen LogP contribution in [0.5, 0.6) is 17.2 Å². The van der Waals surface area contributed by atoms with Gasteiger partial charge in [0, 0.05) is 0 Å². The molecule has 7 heteroatoms. The summed E-state index contributed by atoms with van der Waals surface area (Å²) >= 11 is 0. The van der Waals surface area contributed by atoms with Gasteiger partial charge < -0.3 is 24.1 Å². The number of carbonyl (C=O) groups is 2. The molecule has 0 aromatic heterocycles. The third-order valence-corrected chi connectivity index (χ3v) is 4.06. The summed E-state index contributed by atoms with van der Waals surface area (Å²) in [5.41, 5.74) is 0.879. The van der Waals surface area contributed by atoms with E-state index in [1.165, 1.54) is 26.4 Å². The summed E-state index contributed by atoms with van der Waals surface area (Å²) < 4.78 is 20.5. The van der Waals surface area contributed by atoms with Crippen molar-refractivity contribution < 1.29 is 33.6 Å². The molecule has 0 amide bonds. The van der Waals surface area contributed by atoms with Crippen LogP contribution in [0.1, 0.15) is 11.1 Å². The molecule has 28 heavy (non-hydrogen) atoms. The number of carboxylic acid groups (broad SMARTS) is 1. The van der Waals surface area contributed by atoms with Crippen LogP contribution >= 0.6 is 0 Å². The van der Waals surface area contributed by atoms with Gasteiger partial charge in [-0.25, -0.2) is 9.59 Å². The molecular weight excluding hydrogens is 364 g/mol. The van der Waals surface area contributed by atoms with E-state index in [4.69, 9.17) is 18.9 Å². The highest BCUT2D eigenvalue weighted by molar-refractivity contribution is 6.12. The van der Waals surface area contributed by atoms with E-state index in [-0.39, 0.29) is 17.9 Å². The summed E-state index contributed by atoms with van der Waals surface area (Å²) in [5.74, 6) is -0.274. The van der Waals surface area contributed by atoms with Gasteiger partial charge in [0.05, 0.1) is 25.4 Å². The minimum absolute atomic E-state index is 0.0929. The van der Waals surface area contributed by atoms with E-state index in [1.807, 2.05) is 0 Å². The first kappa shape index (κ1) is 19.0. The van der Waals surface area contributed by atoms with Gasteiger partial charge in [-0.05, 0) is 47.5 Å². The van der Waals surface area contributed by atoms with Crippen LogP contribution in [0.15, 0.2) is 53.6 Å². The average Bonchev–Trinajstić information content (AvgIpc) is 3.18. The van der Waals surface area contributed by atoms with Gasteiger partial charge in [-0.3, -0.25) is 0 Å². The van der Waals surface area contributed by atoms with Gasteiger partial charge in [0.2, 0.25) is 6.79 Å². The topological polar surface area (TPSA) is 91.3 Å². The standard InChI is InChI=1S/C21H18O7/c1-25-15-6-3-13(4-7-15)9-16(20(22)23)17(21(24)26-2)10-14-5-8-18-19(11-14)28-12-27-18/h3-11H,12H2,1-2H3,(H,22,23)/b16-9+,17-10+. The number of aliphatic carboxylic acids is 1. The summed E-state index contributed by atoms with van der Waals surface area (Å²) in [5, 5.41) is 9.70. The lowest BCUT2D eigenvalue weighted by molar-refractivity contribution is -0.138. The Labute approximate surface area is 161 Å². The van der Waals surface area contributed by atoms with Crippen molar-refractivity contribution in [2.45, 2.75) is 0 Å². The molecule has 3 rings (SSSR count). The lowest BCUT2D eigenvalue weighted by Gasteiger charge is -2.08. The van der Waals surface area contributed by atoms with E-state index in [9.17, 15) is 14.7 Å². The van der Waals surface area contributed by atoms with Crippen LogP contribution in [0.25, 0.3) is 12.2 Å². The van der Waals surface area contributed by atoms with Crippen molar-refractivity contribution in [2.24, 2.45) is 0 Å². The molecule has 1 aliphatic heterocycles. The molecule has 2 aromatic rings. The van der Waals surface area contributed by atoms with Crippen LogP contribution < -0.4 is 14.2 Å². The molecule has 0 bridgehead atoms. The molecule has 2 aromatic carbocycles. The van der Waals surface area contributed by atoms with Gasteiger partial charge in [-0.1, -0.05) is 18.2 Å². The summed E-state index contributed by atoms with van der Waals surface area (Å²) in [7, 11) is 2.74. The maximum Gasteiger partial charge on any atom is 0.338 e. The average molecular weight is 382 g/mol. The second-order valence-electron chi connectivity index (χ2n) is 5.80. The second-order valence-corrected chi connectivity index (χ2v) is 5.80. The van der Waals surface area contributed by atoms with E-state index in [2.05, 4.69) is 0 Å². The summed E-state index contributed by atoms with van der Waals surface area (Å²) in [6, 6.07) is 11.8. The molecule has 0 atom stereocenters. The van der Waals surface area contributed by atoms with Gasteiger partial charge >= 0.3 is 11.9 Å². The summed E-state index contributed by atoms with van der Waals surface area (Å²) in [4.78, 5) is 24.2. The zero-order chi connectivity index (χ0) is 20.1. The maximum atomic E-state index is 12.3. The third-order valence-electron chi connectivity index (χ3n) is 4.06. The van der Waals surface area contributed by atoms with Crippen LogP contribution in [0.2, 0.25) is 0 Å². The van der Waals surface area contributed by atoms with Crippen molar-refractivity contribution in [1.29, 1.82) is 0 Å². The fraction of sp³-hybridized carbons (Fsp3) is 0.143. The Morgan fingerprint density at radius 2 is 1.57 bits per heavy atom. The predicted octanol–water partition coefficient (Wildman–Crippen LogP) is 3.15. The molecule has 0 spiro atoms. The van der Waals surface area contributed by atoms with Crippen molar-refractivity contribution in [3.05, 3.63) is 64.7 Å². The Balaban J connectivity index is 2.05. The van der Waals surface area contributed by atoms with Crippen molar-refractivity contribution >= 4 is 24.1 Å². The SMILES string of the molecule is COC(=O)C(=C/c1ccc2c(c1)OCO2)/C(=C\c1ccc(OC)cc1)C(=O)O. The van der Waals surface area contributed by atoms with Crippen LogP contribution in [0.3, 0.4) is 0 Å². The Hall–Kier alpha value is -3.74. The molecule has 1 aliphatic rings. The highest BCUT2D eigenvalue weighted by Crippen LogP contribution is 2.33. The fourth-order valence-corrected chi connectivity index (χ4v) is 2.65. The molecule has 7 nitrogen and oxygen atoms in total. The highest BCUT2D eigenvalue weighted by atomic mass is 16.7. The number of rotatable bonds is 6. The van der Waals surface area contributed by atoms with E-state index >= 15 is 0 Å². The maximum absolute atomic E-state index is 12.3.